The van der Waals surface area contributed by atoms with Crippen LogP contribution in [0.1, 0.15) is 32.4 Å². The van der Waals surface area contributed by atoms with E-state index < -0.39 is 29.5 Å². The van der Waals surface area contributed by atoms with Gasteiger partial charge in [-0.15, -0.1) is 0 Å². The molecule has 0 aliphatic heterocycles. The highest BCUT2D eigenvalue weighted by molar-refractivity contribution is 7.91. The zero-order valence-electron chi connectivity index (χ0n) is 12.2. The molecule has 1 atom stereocenters. The summed E-state index contributed by atoms with van der Waals surface area (Å²) in [5.41, 5.74) is 0. The SMILES string of the molecule is CC(C)CCON=Cc1cnc([S+]([O-])CCC(F)=C(F)F)o1. The second-order valence-corrected chi connectivity index (χ2v) is 6.19. The molecule has 0 spiro atoms. The molecule has 1 heterocycles. The molecule has 5 nitrogen and oxygen atoms in total. The van der Waals surface area contributed by atoms with Gasteiger partial charge in [0.25, 0.3) is 0 Å². The van der Waals surface area contributed by atoms with Crippen LogP contribution in [0.4, 0.5) is 13.2 Å². The molecule has 0 amide bonds. The standard InChI is InChI=1S/C13H17F3N2O3S/c1-9(2)3-5-20-18-8-10-7-17-13(21-10)22(19)6-4-11(14)12(15)16/h7-9H,3-6H2,1-2H3. The summed E-state index contributed by atoms with van der Waals surface area (Å²) in [6.45, 7) is 4.57. The van der Waals surface area contributed by atoms with Crippen LogP contribution in [-0.4, -0.2) is 28.1 Å². The van der Waals surface area contributed by atoms with Gasteiger partial charge in [0.05, 0.1) is 12.6 Å². The molecule has 0 aliphatic rings. The molecule has 0 bridgehead atoms. The molecule has 0 saturated carbocycles. The minimum Gasteiger partial charge on any atom is -0.608 e. The Bertz CT molecular complexity index is 516. The molecule has 9 heteroatoms. The third-order valence-electron chi connectivity index (χ3n) is 2.45. The van der Waals surface area contributed by atoms with Crippen molar-refractivity contribution in [3.63, 3.8) is 0 Å². The molecule has 124 valence electrons. The number of hydrogen-bond donors (Lipinski definition) is 0. The van der Waals surface area contributed by atoms with Crippen LogP contribution in [-0.2, 0) is 16.0 Å². The molecule has 0 radical (unpaired) electrons. The lowest BCUT2D eigenvalue weighted by Gasteiger charge is -2.03. The maximum absolute atomic E-state index is 12.6. The monoisotopic (exact) mass is 338 g/mol. The first-order chi connectivity index (χ1) is 10.4. The van der Waals surface area contributed by atoms with Crippen LogP contribution >= 0.6 is 0 Å². The van der Waals surface area contributed by atoms with Crippen LogP contribution < -0.4 is 0 Å². The van der Waals surface area contributed by atoms with Gasteiger partial charge in [0.2, 0.25) is 0 Å². The molecule has 1 rings (SSSR count). The lowest BCUT2D eigenvalue weighted by Crippen LogP contribution is -2.07. The number of halogens is 3. The highest BCUT2D eigenvalue weighted by Crippen LogP contribution is 2.17. The van der Waals surface area contributed by atoms with Crippen LogP contribution in [0.3, 0.4) is 0 Å². The number of nitrogens with zero attached hydrogens (tertiary/aromatic N) is 2. The maximum Gasteiger partial charge on any atom is 0.415 e. The first kappa shape index (κ1) is 18.6. The molecule has 1 aromatic heterocycles. The molecule has 0 aromatic carbocycles. The van der Waals surface area contributed by atoms with Crippen LogP contribution in [0.15, 0.2) is 32.9 Å². The van der Waals surface area contributed by atoms with Gasteiger partial charge in [-0.3, -0.25) is 0 Å². The largest absolute Gasteiger partial charge is 0.608 e. The molecule has 0 N–H and O–H groups in total. The van der Waals surface area contributed by atoms with E-state index >= 15 is 0 Å². The van der Waals surface area contributed by atoms with E-state index in [2.05, 4.69) is 24.0 Å². The predicted molar refractivity (Wildman–Crippen MR) is 75.7 cm³/mol. The summed E-state index contributed by atoms with van der Waals surface area (Å²) < 4.78 is 53.1. The van der Waals surface area contributed by atoms with Gasteiger partial charge in [-0.2, -0.15) is 13.8 Å². The first-order valence-corrected chi connectivity index (χ1v) is 7.91. The number of hydrogen-bond acceptors (Lipinski definition) is 5. The third kappa shape index (κ3) is 6.99. The maximum atomic E-state index is 12.6. The molecule has 0 saturated heterocycles. The lowest BCUT2D eigenvalue weighted by atomic mass is 10.1. The third-order valence-corrected chi connectivity index (χ3v) is 3.60. The van der Waals surface area contributed by atoms with Gasteiger partial charge in [0, 0.05) is 11.2 Å². The van der Waals surface area contributed by atoms with Crippen LogP contribution in [0, 0.1) is 5.92 Å². The van der Waals surface area contributed by atoms with E-state index in [1.807, 2.05) is 0 Å². The number of oxazole rings is 1. The molecule has 0 aliphatic carbocycles. The van der Waals surface area contributed by atoms with Gasteiger partial charge >= 0.3 is 11.3 Å². The summed E-state index contributed by atoms with van der Waals surface area (Å²) in [6, 6.07) is 0. The summed E-state index contributed by atoms with van der Waals surface area (Å²) in [5, 5.41) is 3.49. The second kappa shape index (κ2) is 9.52. The average molecular weight is 338 g/mol. The van der Waals surface area contributed by atoms with Crippen LogP contribution in [0.2, 0.25) is 0 Å². The van der Waals surface area contributed by atoms with E-state index in [-0.39, 0.29) is 16.7 Å². The van der Waals surface area contributed by atoms with E-state index in [0.29, 0.717) is 12.5 Å². The number of rotatable bonds is 9. The van der Waals surface area contributed by atoms with Gasteiger partial charge in [-0.1, -0.05) is 19.0 Å². The van der Waals surface area contributed by atoms with Crippen molar-refractivity contribution in [2.45, 2.75) is 31.9 Å². The Morgan fingerprint density at radius 3 is 2.86 bits per heavy atom. The second-order valence-electron chi connectivity index (χ2n) is 4.74. The smallest absolute Gasteiger partial charge is 0.415 e. The molecule has 1 unspecified atom stereocenters. The first-order valence-electron chi connectivity index (χ1n) is 6.59. The summed E-state index contributed by atoms with van der Waals surface area (Å²) in [4.78, 5) is 8.72. The molecule has 0 fully saturated rings. The summed E-state index contributed by atoms with van der Waals surface area (Å²) in [6.07, 6.45) is 0.336. The topological polar surface area (TPSA) is 70.7 Å². The number of aromatic nitrogens is 1. The Hall–Kier alpha value is -1.48. The van der Waals surface area contributed by atoms with Crippen LogP contribution in [0.25, 0.3) is 0 Å². The fraction of sp³-hybridized carbons (Fsp3) is 0.538. The van der Waals surface area contributed by atoms with E-state index in [1.54, 1.807) is 0 Å². The van der Waals surface area contributed by atoms with Crippen molar-refractivity contribution in [1.82, 2.24) is 4.98 Å². The Kier molecular flexibility index (Phi) is 8.03. The van der Waals surface area contributed by atoms with E-state index in [1.165, 1.54) is 12.4 Å². The van der Waals surface area contributed by atoms with Crippen molar-refractivity contribution in [3.05, 3.63) is 23.9 Å². The van der Waals surface area contributed by atoms with Crippen LogP contribution in [0.5, 0.6) is 0 Å². The Morgan fingerprint density at radius 1 is 1.50 bits per heavy atom. The Balaban J connectivity index is 2.43. The summed E-state index contributed by atoms with van der Waals surface area (Å²) in [5.74, 6) is -1.22. The summed E-state index contributed by atoms with van der Waals surface area (Å²) in [7, 11) is 0. The Morgan fingerprint density at radius 2 is 2.23 bits per heavy atom. The van der Waals surface area contributed by atoms with E-state index in [4.69, 9.17) is 9.25 Å². The summed E-state index contributed by atoms with van der Waals surface area (Å²) >= 11 is -1.80. The van der Waals surface area contributed by atoms with Gasteiger partial charge < -0.3 is 13.8 Å². The number of oxime groups is 1. The zero-order valence-corrected chi connectivity index (χ0v) is 13.0. The average Bonchev–Trinajstić information content (AvgIpc) is 2.92. The van der Waals surface area contributed by atoms with Crippen molar-refractivity contribution >= 4 is 17.4 Å². The van der Waals surface area contributed by atoms with Gasteiger partial charge in [0.15, 0.2) is 11.6 Å². The fourth-order valence-electron chi connectivity index (χ4n) is 1.23. The van der Waals surface area contributed by atoms with E-state index in [0.717, 1.165) is 6.42 Å². The van der Waals surface area contributed by atoms with Gasteiger partial charge in [-0.05, 0) is 12.3 Å². The van der Waals surface area contributed by atoms with Crippen molar-refractivity contribution in [2.75, 3.05) is 12.4 Å². The lowest BCUT2D eigenvalue weighted by molar-refractivity contribution is 0.134. The van der Waals surface area contributed by atoms with Crippen molar-refractivity contribution in [1.29, 1.82) is 0 Å². The predicted octanol–water partition coefficient (Wildman–Crippen LogP) is 3.65. The minimum atomic E-state index is -2.41. The van der Waals surface area contributed by atoms with Crippen molar-refractivity contribution in [2.24, 2.45) is 11.1 Å². The quantitative estimate of drug-likeness (QED) is 0.298. The molecule has 22 heavy (non-hydrogen) atoms. The van der Waals surface area contributed by atoms with E-state index in [9.17, 15) is 17.7 Å². The molecule has 1 aromatic rings. The highest BCUT2D eigenvalue weighted by Gasteiger charge is 2.20. The van der Waals surface area contributed by atoms with Crippen molar-refractivity contribution < 1.29 is 27.0 Å². The highest BCUT2D eigenvalue weighted by atomic mass is 32.2. The minimum absolute atomic E-state index is 0.171. The molecular formula is C13H17F3N2O3S. The molecular weight excluding hydrogens is 321 g/mol. The van der Waals surface area contributed by atoms with Gasteiger partial charge in [0.1, 0.15) is 18.6 Å². The van der Waals surface area contributed by atoms with Gasteiger partial charge in [-0.25, -0.2) is 4.39 Å². The number of allylic oxidation sites excluding steroid dienone is 1. The normalized spacial score (nSPS) is 12.9. The van der Waals surface area contributed by atoms with Crippen molar-refractivity contribution in [3.8, 4) is 0 Å². The zero-order chi connectivity index (χ0) is 16.5. The fourth-order valence-corrected chi connectivity index (χ4v) is 2.13. The Labute approximate surface area is 129 Å².